The van der Waals surface area contributed by atoms with E-state index in [1.165, 1.54) is 0 Å². The fourth-order valence-electron chi connectivity index (χ4n) is 2.10. The van der Waals surface area contributed by atoms with Crippen molar-refractivity contribution >= 4 is 11.6 Å². The molecule has 0 saturated carbocycles. The number of nitrogens with zero attached hydrogens (tertiary/aromatic N) is 1. The van der Waals surface area contributed by atoms with Crippen LogP contribution in [0.1, 0.15) is 37.9 Å². The second-order valence-electron chi connectivity index (χ2n) is 4.18. The highest BCUT2D eigenvalue weighted by atomic mass is 16.3. The number of hydrogen-bond acceptors (Lipinski definition) is 2. The fourth-order valence-corrected chi connectivity index (χ4v) is 2.10. The molecular weight excluding hydrogens is 202 g/mol. The number of aliphatic hydroxyl groups excluding tert-OH is 1. The number of anilines is 1. The van der Waals surface area contributed by atoms with Crippen molar-refractivity contribution in [2.24, 2.45) is 0 Å². The van der Waals surface area contributed by atoms with Gasteiger partial charge in [-0.15, -0.1) is 0 Å². The van der Waals surface area contributed by atoms with Crippen LogP contribution < -0.4 is 4.90 Å². The summed E-state index contributed by atoms with van der Waals surface area (Å²) in [5.41, 5.74) is 1.75. The van der Waals surface area contributed by atoms with Crippen LogP contribution in [0, 0.1) is 0 Å². The number of rotatable bonds is 3. The molecule has 0 saturated heterocycles. The van der Waals surface area contributed by atoms with Crippen molar-refractivity contribution in [3.8, 4) is 0 Å². The fraction of sp³-hybridized carbons (Fsp3) is 0.462. The third-order valence-corrected chi connectivity index (χ3v) is 2.99. The Kier molecular flexibility index (Phi) is 3.25. The number of unbranched alkanes of at least 4 members (excludes halogenated alkanes) is 1. The van der Waals surface area contributed by atoms with E-state index >= 15 is 0 Å². The Hall–Kier alpha value is -1.35. The van der Waals surface area contributed by atoms with Gasteiger partial charge in [-0.3, -0.25) is 4.79 Å². The van der Waals surface area contributed by atoms with Crippen molar-refractivity contribution < 1.29 is 9.90 Å². The molecule has 3 heteroatoms. The smallest absolute Gasteiger partial charge is 0.229 e. The summed E-state index contributed by atoms with van der Waals surface area (Å²) in [7, 11) is 0. The summed E-state index contributed by atoms with van der Waals surface area (Å²) in [6, 6.07) is 7.61. The third kappa shape index (κ3) is 1.95. The molecule has 1 heterocycles. The summed E-state index contributed by atoms with van der Waals surface area (Å²) in [6.45, 7) is 2.86. The lowest BCUT2D eigenvalue weighted by Crippen LogP contribution is -2.37. The molecule has 86 valence electrons. The first-order chi connectivity index (χ1) is 7.74. The van der Waals surface area contributed by atoms with Gasteiger partial charge in [0.05, 0.1) is 12.5 Å². The molecule has 2 rings (SSSR count). The summed E-state index contributed by atoms with van der Waals surface area (Å²) in [5, 5.41) is 9.83. The number of aliphatic hydroxyl groups is 1. The minimum absolute atomic E-state index is 0.0275. The molecule has 0 fully saturated rings. The zero-order valence-corrected chi connectivity index (χ0v) is 9.52. The van der Waals surface area contributed by atoms with Gasteiger partial charge in [0.15, 0.2) is 0 Å². The van der Waals surface area contributed by atoms with Crippen LogP contribution in [0.4, 0.5) is 5.69 Å². The van der Waals surface area contributed by atoms with Crippen LogP contribution in [0.2, 0.25) is 0 Å². The van der Waals surface area contributed by atoms with E-state index in [0.29, 0.717) is 0 Å². The average molecular weight is 219 g/mol. The molecule has 0 radical (unpaired) electrons. The quantitative estimate of drug-likeness (QED) is 0.847. The van der Waals surface area contributed by atoms with E-state index in [0.717, 1.165) is 30.6 Å². The first-order valence-electron chi connectivity index (χ1n) is 5.81. The van der Waals surface area contributed by atoms with Gasteiger partial charge >= 0.3 is 0 Å². The maximum absolute atomic E-state index is 11.8. The largest absolute Gasteiger partial charge is 0.388 e. The Morgan fingerprint density at radius 2 is 2.19 bits per heavy atom. The lowest BCUT2D eigenvalue weighted by atomic mass is 9.98. The predicted molar refractivity (Wildman–Crippen MR) is 63.3 cm³/mol. The van der Waals surface area contributed by atoms with Crippen LogP contribution >= 0.6 is 0 Å². The normalized spacial score (nSPS) is 19.8. The maximum atomic E-state index is 11.8. The van der Waals surface area contributed by atoms with Gasteiger partial charge < -0.3 is 10.0 Å². The number of hydrogen-bond donors (Lipinski definition) is 1. The minimum atomic E-state index is -0.637. The molecule has 16 heavy (non-hydrogen) atoms. The van der Waals surface area contributed by atoms with Crippen molar-refractivity contribution in [2.75, 3.05) is 11.4 Å². The van der Waals surface area contributed by atoms with Crippen LogP contribution in [0.15, 0.2) is 24.3 Å². The molecule has 0 spiro atoms. The Morgan fingerprint density at radius 1 is 1.44 bits per heavy atom. The summed E-state index contributed by atoms with van der Waals surface area (Å²) >= 11 is 0. The van der Waals surface area contributed by atoms with E-state index in [1.807, 2.05) is 24.3 Å². The molecule has 1 aromatic rings. The third-order valence-electron chi connectivity index (χ3n) is 2.99. The average Bonchev–Trinajstić information content (AvgIpc) is 2.29. The molecule has 0 aromatic heterocycles. The van der Waals surface area contributed by atoms with Crippen LogP contribution in [0.3, 0.4) is 0 Å². The first kappa shape index (κ1) is 11.1. The van der Waals surface area contributed by atoms with Crippen LogP contribution in [-0.4, -0.2) is 17.6 Å². The highest BCUT2D eigenvalue weighted by molar-refractivity contribution is 5.96. The summed E-state index contributed by atoms with van der Waals surface area (Å²) in [4.78, 5) is 13.6. The van der Waals surface area contributed by atoms with Crippen LogP contribution in [0.5, 0.6) is 0 Å². The molecular formula is C13H17NO2. The maximum Gasteiger partial charge on any atom is 0.229 e. The summed E-state index contributed by atoms with van der Waals surface area (Å²) in [6.07, 6.45) is 1.63. The van der Waals surface area contributed by atoms with Gasteiger partial charge in [0.25, 0.3) is 0 Å². The Labute approximate surface area is 95.7 Å². The van der Waals surface area contributed by atoms with Gasteiger partial charge in [-0.05, 0) is 12.5 Å². The lowest BCUT2D eigenvalue weighted by molar-refractivity contribution is -0.121. The van der Waals surface area contributed by atoms with Gasteiger partial charge in [0, 0.05) is 17.8 Å². The van der Waals surface area contributed by atoms with Gasteiger partial charge in [-0.25, -0.2) is 0 Å². The van der Waals surface area contributed by atoms with E-state index in [9.17, 15) is 9.90 Å². The molecule has 1 amide bonds. The molecule has 1 atom stereocenters. The molecule has 1 aliphatic rings. The van der Waals surface area contributed by atoms with E-state index < -0.39 is 6.10 Å². The molecule has 1 N–H and O–H groups in total. The Morgan fingerprint density at radius 3 is 2.94 bits per heavy atom. The minimum Gasteiger partial charge on any atom is -0.388 e. The standard InChI is InChI=1S/C13H17NO2/c1-2-3-8-14-11-7-5-4-6-10(11)12(15)9-13(14)16/h4-7,12,15H,2-3,8-9H2,1H3. The zero-order valence-electron chi connectivity index (χ0n) is 9.52. The highest BCUT2D eigenvalue weighted by Gasteiger charge is 2.28. The van der Waals surface area contributed by atoms with Crippen molar-refractivity contribution in [3.05, 3.63) is 29.8 Å². The monoisotopic (exact) mass is 219 g/mol. The van der Waals surface area contributed by atoms with Crippen LogP contribution in [-0.2, 0) is 4.79 Å². The molecule has 1 unspecified atom stereocenters. The Bertz CT molecular complexity index is 389. The van der Waals surface area contributed by atoms with Crippen molar-refractivity contribution in [1.29, 1.82) is 0 Å². The van der Waals surface area contributed by atoms with Gasteiger partial charge in [0.2, 0.25) is 5.91 Å². The van der Waals surface area contributed by atoms with Crippen molar-refractivity contribution in [3.63, 3.8) is 0 Å². The number of carbonyl (C=O) groups is 1. The number of benzene rings is 1. The number of para-hydroxylation sites is 1. The summed E-state index contributed by atoms with van der Waals surface area (Å²) in [5.74, 6) is 0.0275. The molecule has 0 aliphatic carbocycles. The second-order valence-corrected chi connectivity index (χ2v) is 4.18. The number of carbonyl (C=O) groups excluding carboxylic acids is 1. The van der Waals surface area contributed by atoms with E-state index in [4.69, 9.17) is 0 Å². The molecule has 0 bridgehead atoms. The summed E-state index contributed by atoms with van der Waals surface area (Å²) < 4.78 is 0. The lowest BCUT2D eigenvalue weighted by Gasteiger charge is -2.31. The first-order valence-corrected chi connectivity index (χ1v) is 5.81. The van der Waals surface area contributed by atoms with Gasteiger partial charge in [-0.1, -0.05) is 31.5 Å². The van der Waals surface area contributed by atoms with E-state index in [2.05, 4.69) is 6.92 Å². The SMILES string of the molecule is CCCCN1C(=O)CC(O)c2ccccc21. The molecule has 1 aliphatic heterocycles. The second kappa shape index (κ2) is 4.66. The zero-order chi connectivity index (χ0) is 11.5. The van der Waals surface area contributed by atoms with E-state index in [1.54, 1.807) is 4.90 Å². The Balaban J connectivity index is 2.31. The van der Waals surface area contributed by atoms with Crippen molar-refractivity contribution in [2.45, 2.75) is 32.3 Å². The predicted octanol–water partition coefficient (Wildman–Crippen LogP) is 2.26. The van der Waals surface area contributed by atoms with Crippen LogP contribution in [0.25, 0.3) is 0 Å². The highest BCUT2D eigenvalue weighted by Crippen LogP contribution is 2.34. The van der Waals surface area contributed by atoms with E-state index in [-0.39, 0.29) is 12.3 Å². The number of amides is 1. The van der Waals surface area contributed by atoms with Gasteiger partial charge in [-0.2, -0.15) is 0 Å². The molecule has 1 aromatic carbocycles. The molecule has 3 nitrogen and oxygen atoms in total. The number of fused-ring (bicyclic) bond motifs is 1. The van der Waals surface area contributed by atoms with Crippen molar-refractivity contribution in [1.82, 2.24) is 0 Å². The van der Waals surface area contributed by atoms with Gasteiger partial charge in [0.1, 0.15) is 0 Å². The topological polar surface area (TPSA) is 40.5 Å².